The van der Waals surface area contributed by atoms with Crippen molar-refractivity contribution >= 4 is 33.7 Å². The van der Waals surface area contributed by atoms with E-state index in [4.69, 9.17) is 9.57 Å². The fourth-order valence-corrected chi connectivity index (χ4v) is 2.70. The van der Waals surface area contributed by atoms with E-state index in [0.717, 1.165) is 5.69 Å². The molecule has 0 aliphatic carbocycles. The molecule has 0 atom stereocenters. The molecule has 10 heteroatoms. The number of halogens is 2. The first-order valence-electron chi connectivity index (χ1n) is 7.95. The summed E-state index contributed by atoms with van der Waals surface area (Å²) in [5.41, 5.74) is 6.54. The van der Waals surface area contributed by atoms with Gasteiger partial charge in [-0.3, -0.25) is 20.1 Å². The van der Waals surface area contributed by atoms with Crippen molar-refractivity contribution in [3.63, 3.8) is 0 Å². The molecule has 0 unspecified atom stereocenters. The molecule has 0 spiro atoms. The van der Waals surface area contributed by atoms with Crippen molar-refractivity contribution in [1.29, 1.82) is 0 Å². The normalized spacial score (nSPS) is 12.8. The molecule has 2 N–H and O–H groups in total. The van der Waals surface area contributed by atoms with Crippen LogP contribution in [0.25, 0.3) is 6.20 Å². The average Bonchev–Trinajstić information content (AvgIpc) is 3.10. The number of aromatic nitrogens is 2. The number of fused-ring (bicyclic) bond motifs is 1. The average molecular weight is 438 g/mol. The van der Waals surface area contributed by atoms with Gasteiger partial charge in [-0.15, -0.1) is 0 Å². The topological polar surface area (TPSA) is 80.6 Å². The van der Waals surface area contributed by atoms with Gasteiger partial charge in [-0.25, -0.2) is 14.9 Å². The number of carbonyl (C=O) groups excluding carboxylic acids is 1. The molecule has 1 aromatic carbocycles. The number of rotatable bonds is 8. The number of ether oxygens (including phenoxy) is 1. The summed E-state index contributed by atoms with van der Waals surface area (Å²) in [5.74, 6) is -0.959. The fraction of sp³-hybridized carbons (Fsp3) is 0.176. The van der Waals surface area contributed by atoms with Crippen LogP contribution in [0.5, 0.6) is 0 Å². The molecule has 3 rings (SSSR count). The van der Waals surface area contributed by atoms with E-state index in [1.165, 1.54) is 17.3 Å². The lowest BCUT2D eigenvalue weighted by Crippen LogP contribution is -2.40. The molecule has 1 aliphatic rings. The van der Waals surface area contributed by atoms with Crippen LogP contribution in [0.1, 0.15) is 5.69 Å². The zero-order valence-electron chi connectivity index (χ0n) is 14.2. The molecule has 27 heavy (non-hydrogen) atoms. The number of hydrazine groups is 1. The van der Waals surface area contributed by atoms with Crippen molar-refractivity contribution in [3.8, 4) is 0 Å². The zero-order chi connectivity index (χ0) is 19.2. The number of amides is 1. The van der Waals surface area contributed by atoms with Crippen LogP contribution in [0.2, 0.25) is 0 Å². The van der Waals surface area contributed by atoms with E-state index in [9.17, 15) is 9.18 Å². The monoisotopic (exact) mass is 437 g/mol. The second-order valence-electron chi connectivity index (χ2n) is 5.45. The Morgan fingerprint density at radius 1 is 1.44 bits per heavy atom. The quantitative estimate of drug-likeness (QED) is 0.375. The molecule has 0 saturated carbocycles. The van der Waals surface area contributed by atoms with Gasteiger partial charge in [0.15, 0.2) is 0 Å². The second-order valence-corrected chi connectivity index (χ2v) is 6.36. The summed E-state index contributed by atoms with van der Waals surface area (Å²) < 4.78 is 21.4. The lowest BCUT2D eigenvalue weighted by atomic mass is 10.3. The molecule has 1 aliphatic heterocycles. The number of nitrogens with one attached hydrogen (secondary N) is 2. The van der Waals surface area contributed by atoms with E-state index in [-0.39, 0.29) is 24.6 Å². The zero-order valence-corrected chi connectivity index (χ0v) is 15.8. The number of benzene rings is 1. The van der Waals surface area contributed by atoms with E-state index < -0.39 is 11.7 Å². The van der Waals surface area contributed by atoms with Crippen LogP contribution < -0.4 is 10.9 Å². The first kappa shape index (κ1) is 18.9. The largest absolute Gasteiger partial charge is 0.499 e. The van der Waals surface area contributed by atoms with Crippen molar-refractivity contribution in [3.05, 3.63) is 65.2 Å². The lowest BCUT2D eigenvalue weighted by molar-refractivity contribution is -0.131. The Morgan fingerprint density at radius 3 is 3.07 bits per heavy atom. The fourth-order valence-electron chi connectivity index (χ4n) is 2.37. The Kier molecular flexibility index (Phi) is 6.09. The molecule has 1 amide bonds. The Hall–Kier alpha value is -2.85. The summed E-state index contributed by atoms with van der Waals surface area (Å²) >= 11 is 3.22. The van der Waals surface area contributed by atoms with Crippen LogP contribution in [0.4, 0.5) is 10.1 Å². The van der Waals surface area contributed by atoms with Crippen LogP contribution in [0, 0.1) is 5.82 Å². The van der Waals surface area contributed by atoms with Gasteiger partial charge in [-0.05, 0) is 18.2 Å². The Morgan fingerprint density at radius 2 is 2.30 bits per heavy atom. The molecule has 0 bridgehead atoms. The van der Waals surface area contributed by atoms with E-state index in [1.54, 1.807) is 35.4 Å². The number of hydrogen-bond acceptors (Lipinski definition) is 6. The molecule has 0 radical (unpaired) electrons. The van der Waals surface area contributed by atoms with Crippen LogP contribution in [0.15, 0.2) is 53.7 Å². The minimum Gasteiger partial charge on any atom is -0.499 e. The van der Waals surface area contributed by atoms with Gasteiger partial charge in [0.25, 0.3) is 5.91 Å². The number of imidazole rings is 1. The van der Waals surface area contributed by atoms with E-state index in [1.807, 2.05) is 0 Å². The molecule has 0 fully saturated rings. The number of carbonyl (C=O) groups is 1. The molecule has 1 aromatic heterocycles. The van der Waals surface area contributed by atoms with E-state index in [0.29, 0.717) is 11.0 Å². The third kappa shape index (κ3) is 4.66. The first-order valence-corrected chi connectivity index (χ1v) is 8.74. The van der Waals surface area contributed by atoms with Crippen molar-refractivity contribution in [1.82, 2.24) is 20.0 Å². The maximum Gasteiger partial charge on any atom is 0.294 e. The molecule has 142 valence electrons. The van der Waals surface area contributed by atoms with Crippen molar-refractivity contribution in [2.45, 2.75) is 6.54 Å². The molecular weight excluding hydrogens is 421 g/mol. The predicted molar refractivity (Wildman–Crippen MR) is 100 cm³/mol. The summed E-state index contributed by atoms with van der Waals surface area (Å²) in [4.78, 5) is 21.7. The predicted octanol–water partition coefficient (Wildman–Crippen LogP) is 2.63. The second kappa shape index (κ2) is 8.69. The number of anilines is 1. The van der Waals surface area contributed by atoms with Gasteiger partial charge in [0.2, 0.25) is 0 Å². The minimum atomic E-state index is -0.502. The number of nitrogens with zero attached hydrogens (tertiary/aromatic N) is 3. The van der Waals surface area contributed by atoms with Gasteiger partial charge in [-0.2, -0.15) is 0 Å². The van der Waals surface area contributed by atoms with Crippen LogP contribution >= 0.6 is 15.9 Å². The lowest BCUT2D eigenvalue weighted by Gasteiger charge is -2.31. The summed E-state index contributed by atoms with van der Waals surface area (Å²) in [7, 11) is 0. The SMILES string of the molecule is C=COCCONC(=O)C1=Cn2cncc2CN1Nc1ccc(Br)cc1F. The summed E-state index contributed by atoms with van der Waals surface area (Å²) in [6.45, 7) is 4.11. The smallest absolute Gasteiger partial charge is 0.294 e. The van der Waals surface area contributed by atoms with Crippen LogP contribution in [-0.2, 0) is 20.9 Å². The Bertz CT molecular complexity index is 870. The number of hydrogen-bond donors (Lipinski definition) is 2. The highest BCUT2D eigenvalue weighted by Gasteiger charge is 2.25. The maximum atomic E-state index is 14.2. The Balaban J connectivity index is 1.74. The van der Waals surface area contributed by atoms with Gasteiger partial charge in [0.05, 0.1) is 36.7 Å². The molecule has 8 nitrogen and oxygen atoms in total. The first-order chi connectivity index (χ1) is 13.1. The molecular formula is C17H17BrFN5O3. The molecule has 2 heterocycles. The third-order valence-corrected chi connectivity index (χ3v) is 4.12. The minimum absolute atomic E-state index is 0.149. The number of hydroxylamine groups is 1. The highest BCUT2D eigenvalue weighted by atomic mass is 79.9. The molecule has 0 saturated heterocycles. The van der Waals surface area contributed by atoms with Crippen molar-refractivity contribution in [2.24, 2.45) is 0 Å². The highest BCUT2D eigenvalue weighted by Crippen LogP contribution is 2.24. The summed E-state index contributed by atoms with van der Waals surface area (Å²) in [5, 5.41) is 1.52. The van der Waals surface area contributed by atoms with Crippen molar-refractivity contribution < 1.29 is 18.8 Å². The van der Waals surface area contributed by atoms with Crippen molar-refractivity contribution in [2.75, 3.05) is 18.6 Å². The van der Waals surface area contributed by atoms with Crippen LogP contribution in [-0.4, -0.2) is 33.7 Å². The standard InChI is InChI=1S/C17H17BrFN5O3/c1-2-26-5-6-27-22-17(25)16-10-23-11-20-8-13(23)9-24(16)21-15-4-3-12(18)7-14(15)19/h2-4,7-8,10-11,21H,1,5-6,9H2,(H,22,25). The Labute approximate surface area is 163 Å². The maximum absolute atomic E-state index is 14.2. The van der Waals surface area contributed by atoms with Crippen LogP contribution in [0.3, 0.4) is 0 Å². The van der Waals surface area contributed by atoms with Gasteiger partial charge in [0, 0.05) is 10.7 Å². The summed E-state index contributed by atoms with van der Waals surface area (Å²) in [6, 6.07) is 4.61. The van der Waals surface area contributed by atoms with E-state index in [2.05, 4.69) is 38.4 Å². The van der Waals surface area contributed by atoms with E-state index >= 15 is 0 Å². The highest BCUT2D eigenvalue weighted by molar-refractivity contribution is 9.10. The van der Waals surface area contributed by atoms with Gasteiger partial charge in [-0.1, -0.05) is 22.5 Å². The van der Waals surface area contributed by atoms with Gasteiger partial charge in [0.1, 0.15) is 24.7 Å². The van der Waals surface area contributed by atoms with Gasteiger partial charge < -0.3 is 9.30 Å². The summed E-state index contributed by atoms with van der Waals surface area (Å²) in [6.07, 6.45) is 6.11. The third-order valence-electron chi connectivity index (χ3n) is 3.62. The van der Waals surface area contributed by atoms with Gasteiger partial charge >= 0.3 is 0 Å². The molecule has 2 aromatic rings.